The lowest BCUT2D eigenvalue weighted by molar-refractivity contribution is -0.127. The molecule has 0 radical (unpaired) electrons. The summed E-state index contributed by atoms with van der Waals surface area (Å²) in [5.41, 5.74) is 0. The van der Waals surface area contributed by atoms with Crippen molar-refractivity contribution in [1.29, 1.82) is 0 Å². The first-order chi connectivity index (χ1) is 9.24. The molecule has 0 spiro atoms. The molecule has 1 fully saturated rings. The third-order valence-electron chi connectivity index (χ3n) is 3.98. The van der Waals surface area contributed by atoms with Crippen LogP contribution in [-0.4, -0.2) is 29.1 Å². The number of amides is 1. The zero-order valence-electron chi connectivity index (χ0n) is 12.6. The summed E-state index contributed by atoms with van der Waals surface area (Å²) in [6, 6.07) is 0. The normalized spacial score (nSPS) is 19.4. The van der Waals surface area contributed by atoms with Crippen molar-refractivity contribution >= 4 is 18.5 Å². The van der Waals surface area contributed by atoms with Gasteiger partial charge < -0.3 is 4.90 Å². The summed E-state index contributed by atoms with van der Waals surface area (Å²) in [6.45, 7) is 4.08. The third-order valence-corrected chi connectivity index (χ3v) is 4.32. The molecule has 0 aromatic carbocycles. The highest BCUT2D eigenvalue weighted by molar-refractivity contribution is 7.81. The molecule has 0 aliphatic carbocycles. The summed E-state index contributed by atoms with van der Waals surface area (Å²) in [6.07, 6.45) is 14.2. The Labute approximate surface area is 124 Å². The number of unbranched alkanes of at least 4 members (excludes halogenated alkanes) is 9. The number of thiol groups is 1. The first-order valence-corrected chi connectivity index (χ1v) is 8.71. The van der Waals surface area contributed by atoms with Crippen LogP contribution in [-0.2, 0) is 4.79 Å². The van der Waals surface area contributed by atoms with Gasteiger partial charge in [-0.25, -0.2) is 0 Å². The van der Waals surface area contributed by atoms with E-state index in [4.69, 9.17) is 0 Å². The topological polar surface area (TPSA) is 20.3 Å². The molecule has 1 aliphatic heterocycles. The molecule has 1 unspecified atom stereocenters. The second-order valence-corrected chi connectivity index (χ2v) is 6.61. The maximum Gasteiger partial charge on any atom is 0.223 e. The van der Waals surface area contributed by atoms with Crippen LogP contribution in [0.15, 0.2) is 0 Å². The fourth-order valence-electron chi connectivity index (χ4n) is 2.76. The maximum atomic E-state index is 11.6. The van der Waals surface area contributed by atoms with E-state index >= 15 is 0 Å². The Bertz CT molecular complexity index is 245. The molecule has 1 rings (SSSR count). The molecule has 1 heterocycles. The number of carbonyl (C=O) groups is 1. The Hall–Kier alpha value is -0.180. The van der Waals surface area contributed by atoms with Gasteiger partial charge in [0.2, 0.25) is 5.91 Å². The Morgan fingerprint density at radius 3 is 2.00 bits per heavy atom. The van der Waals surface area contributed by atoms with Gasteiger partial charge in [-0.1, -0.05) is 64.7 Å². The minimum absolute atomic E-state index is 0.274. The SMILES string of the molecule is CCCCCCCCCCCCN1CC(S)CC1=O. The first-order valence-electron chi connectivity index (χ1n) is 8.20. The molecule has 1 atom stereocenters. The van der Waals surface area contributed by atoms with Crippen molar-refractivity contribution in [2.24, 2.45) is 0 Å². The number of hydrogen-bond acceptors (Lipinski definition) is 2. The number of carbonyl (C=O) groups excluding carboxylic acids is 1. The van der Waals surface area contributed by atoms with Crippen molar-refractivity contribution in [3.05, 3.63) is 0 Å². The Kier molecular flexibility index (Phi) is 9.40. The monoisotopic (exact) mass is 285 g/mol. The van der Waals surface area contributed by atoms with Crippen LogP contribution in [0.1, 0.15) is 77.6 Å². The lowest BCUT2D eigenvalue weighted by Crippen LogP contribution is -2.26. The predicted octanol–water partition coefficient (Wildman–Crippen LogP) is 4.44. The van der Waals surface area contributed by atoms with Crippen LogP contribution in [0.4, 0.5) is 0 Å². The van der Waals surface area contributed by atoms with Crippen LogP contribution < -0.4 is 0 Å². The average molecular weight is 285 g/mol. The van der Waals surface area contributed by atoms with Crippen LogP contribution in [0.5, 0.6) is 0 Å². The summed E-state index contributed by atoms with van der Waals surface area (Å²) in [5, 5.41) is 0.274. The van der Waals surface area contributed by atoms with Crippen molar-refractivity contribution in [3.8, 4) is 0 Å². The molecule has 112 valence electrons. The molecular formula is C16H31NOS. The Morgan fingerprint density at radius 2 is 1.53 bits per heavy atom. The molecule has 0 aromatic heterocycles. The maximum absolute atomic E-state index is 11.6. The number of hydrogen-bond donors (Lipinski definition) is 1. The molecule has 1 saturated heterocycles. The summed E-state index contributed by atoms with van der Waals surface area (Å²) in [7, 11) is 0. The molecule has 1 amide bonds. The number of nitrogens with zero attached hydrogens (tertiary/aromatic N) is 1. The summed E-state index contributed by atoms with van der Waals surface area (Å²) >= 11 is 4.37. The molecule has 1 aliphatic rings. The van der Waals surface area contributed by atoms with E-state index in [9.17, 15) is 4.79 Å². The molecule has 0 aromatic rings. The van der Waals surface area contributed by atoms with Gasteiger partial charge in [-0.15, -0.1) is 0 Å². The van der Waals surface area contributed by atoms with Crippen LogP contribution in [0.2, 0.25) is 0 Å². The minimum Gasteiger partial charge on any atom is -0.342 e. The van der Waals surface area contributed by atoms with Crippen LogP contribution >= 0.6 is 12.6 Å². The molecule has 0 bridgehead atoms. The summed E-state index contributed by atoms with van der Waals surface area (Å²) < 4.78 is 0. The standard InChI is InChI=1S/C16H31NOS/c1-2-3-4-5-6-7-8-9-10-11-12-17-14-15(19)13-16(17)18/h15,19H,2-14H2,1H3. The minimum atomic E-state index is 0.274. The van der Waals surface area contributed by atoms with E-state index in [1.807, 2.05) is 4.90 Å². The Balaban J connectivity index is 1.82. The number of rotatable bonds is 11. The Morgan fingerprint density at radius 1 is 1.00 bits per heavy atom. The third kappa shape index (κ3) is 7.86. The summed E-state index contributed by atoms with van der Waals surface area (Å²) in [4.78, 5) is 13.5. The van der Waals surface area contributed by atoms with Crippen molar-refractivity contribution in [1.82, 2.24) is 4.90 Å². The van der Waals surface area contributed by atoms with Gasteiger partial charge in [-0.2, -0.15) is 12.6 Å². The van der Waals surface area contributed by atoms with E-state index in [1.54, 1.807) is 0 Å². The average Bonchev–Trinajstić information content (AvgIpc) is 2.70. The largest absolute Gasteiger partial charge is 0.342 e. The van der Waals surface area contributed by atoms with Gasteiger partial charge in [0.1, 0.15) is 0 Å². The zero-order valence-corrected chi connectivity index (χ0v) is 13.5. The van der Waals surface area contributed by atoms with Gasteiger partial charge >= 0.3 is 0 Å². The van der Waals surface area contributed by atoms with E-state index in [-0.39, 0.29) is 5.25 Å². The van der Waals surface area contributed by atoms with E-state index in [2.05, 4.69) is 19.6 Å². The van der Waals surface area contributed by atoms with Gasteiger partial charge in [-0.05, 0) is 6.42 Å². The molecule has 0 saturated carbocycles. The molecule has 19 heavy (non-hydrogen) atoms. The fraction of sp³-hybridized carbons (Fsp3) is 0.938. The van der Waals surface area contributed by atoms with Crippen LogP contribution in [0, 0.1) is 0 Å². The van der Waals surface area contributed by atoms with Crippen LogP contribution in [0.3, 0.4) is 0 Å². The molecule has 2 nitrogen and oxygen atoms in total. The van der Waals surface area contributed by atoms with Gasteiger partial charge in [0.25, 0.3) is 0 Å². The number of likely N-dealkylation sites (tertiary alicyclic amines) is 1. The molecular weight excluding hydrogens is 254 g/mol. The fourth-order valence-corrected chi connectivity index (χ4v) is 3.11. The highest BCUT2D eigenvalue weighted by Crippen LogP contribution is 2.17. The smallest absolute Gasteiger partial charge is 0.223 e. The van der Waals surface area contributed by atoms with Gasteiger partial charge in [0.05, 0.1) is 0 Å². The van der Waals surface area contributed by atoms with Crippen molar-refractivity contribution in [2.45, 2.75) is 82.8 Å². The lowest BCUT2D eigenvalue weighted by Gasteiger charge is -2.15. The van der Waals surface area contributed by atoms with E-state index in [0.717, 1.165) is 13.1 Å². The van der Waals surface area contributed by atoms with Crippen molar-refractivity contribution < 1.29 is 4.79 Å². The van der Waals surface area contributed by atoms with Gasteiger partial charge in [0.15, 0.2) is 0 Å². The molecule has 0 N–H and O–H groups in total. The second-order valence-electron chi connectivity index (χ2n) is 5.88. The highest BCUT2D eigenvalue weighted by atomic mass is 32.1. The highest BCUT2D eigenvalue weighted by Gasteiger charge is 2.26. The van der Waals surface area contributed by atoms with E-state index in [0.29, 0.717) is 12.3 Å². The first kappa shape index (κ1) is 16.9. The van der Waals surface area contributed by atoms with Gasteiger partial charge in [-0.3, -0.25) is 4.79 Å². The van der Waals surface area contributed by atoms with E-state index < -0.39 is 0 Å². The zero-order chi connectivity index (χ0) is 13.9. The van der Waals surface area contributed by atoms with Crippen molar-refractivity contribution in [3.63, 3.8) is 0 Å². The summed E-state index contributed by atoms with van der Waals surface area (Å²) in [5.74, 6) is 0.302. The second kappa shape index (κ2) is 10.6. The van der Waals surface area contributed by atoms with E-state index in [1.165, 1.54) is 64.2 Å². The van der Waals surface area contributed by atoms with Crippen molar-refractivity contribution in [2.75, 3.05) is 13.1 Å². The lowest BCUT2D eigenvalue weighted by atomic mass is 10.1. The predicted molar refractivity (Wildman–Crippen MR) is 85.8 cm³/mol. The quantitative estimate of drug-likeness (QED) is 0.439. The van der Waals surface area contributed by atoms with Gasteiger partial charge in [0, 0.05) is 24.8 Å². The van der Waals surface area contributed by atoms with Crippen LogP contribution in [0.25, 0.3) is 0 Å². The molecule has 3 heteroatoms.